The molecule has 6 aromatic carbocycles. The molecule has 0 aliphatic rings. The summed E-state index contributed by atoms with van der Waals surface area (Å²) in [5.74, 6) is 0. The molecule has 0 aliphatic heterocycles. The van der Waals surface area contributed by atoms with Gasteiger partial charge in [0.15, 0.2) is 0 Å². The van der Waals surface area contributed by atoms with Gasteiger partial charge in [0, 0.05) is 11.3 Å². The maximum atomic E-state index is 6.57. The molecule has 0 aromatic heterocycles. The maximum absolute atomic E-state index is 6.57. The van der Waals surface area contributed by atoms with E-state index in [0.29, 0.717) is 0 Å². The van der Waals surface area contributed by atoms with Crippen molar-refractivity contribution in [3.05, 3.63) is 103 Å². The van der Waals surface area contributed by atoms with E-state index in [9.17, 15) is 0 Å². The van der Waals surface area contributed by atoms with Gasteiger partial charge in [-0.1, -0.05) is 97.1 Å². The number of hydrogen-bond acceptors (Lipinski definition) is 1. The predicted octanol–water partition coefficient (Wildman–Crippen LogP) is 7.55. The molecule has 6 rings (SSSR count). The highest BCUT2D eigenvalue weighted by molar-refractivity contribution is 6.19. The van der Waals surface area contributed by atoms with Gasteiger partial charge in [-0.3, -0.25) is 0 Å². The predicted molar refractivity (Wildman–Crippen MR) is 126 cm³/mol. The van der Waals surface area contributed by atoms with Gasteiger partial charge in [-0.25, -0.2) is 0 Å². The molecule has 0 radical (unpaired) electrons. The van der Waals surface area contributed by atoms with Gasteiger partial charge in [0.05, 0.1) is 0 Å². The lowest BCUT2D eigenvalue weighted by Gasteiger charge is -2.15. The van der Waals surface area contributed by atoms with Gasteiger partial charge in [-0.15, -0.1) is 0 Å². The van der Waals surface area contributed by atoms with E-state index in [-0.39, 0.29) is 0 Å². The van der Waals surface area contributed by atoms with Crippen molar-refractivity contribution >= 4 is 48.8 Å². The van der Waals surface area contributed by atoms with Crippen LogP contribution in [0.3, 0.4) is 0 Å². The number of nitrogens with two attached hydrogens (primary N) is 1. The zero-order valence-corrected chi connectivity index (χ0v) is 15.9. The standard InChI is InChI=1S/C28H19N/c29-27-17-16-23-21-9-4-2-7-19(21)13-15-26(23)28(27)25-11-5-10-22-20-8-3-1-6-18(20)12-14-24(22)25/h1-17H,29H2. The van der Waals surface area contributed by atoms with Crippen LogP contribution in [0.4, 0.5) is 5.69 Å². The lowest BCUT2D eigenvalue weighted by Crippen LogP contribution is -1.93. The van der Waals surface area contributed by atoms with Gasteiger partial charge >= 0.3 is 0 Å². The largest absolute Gasteiger partial charge is 0.398 e. The van der Waals surface area contributed by atoms with E-state index in [0.717, 1.165) is 11.3 Å². The highest BCUT2D eigenvalue weighted by atomic mass is 14.6. The molecular weight excluding hydrogens is 350 g/mol. The van der Waals surface area contributed by atoms with E-state index in [2.05, 4.69) is 97.1 Å². The molecule has 0 unspecified atom stereocenters. The smallest absolute Gasteiger partial charge is 0.0400 e. The topological polar surface area (TPSA) is 26.0 Å². The van der Waals surface area contributed by atoms with Crippen molar-refractivity contribution in [1.82, 2.24) is 0 Å². The number of hydrogen-bond donors (Lipinski definition) is 1. The second-order valence-electron chi connectivity index (χ2n) is 7.60. The Hall–Kier alpha value is -3.84. The van der Waals surface area contributed by atoms with Crippen LogP contribution in [0, 0.1) is 0 Å². The number of rotatable bonds is 1. The fraction of sp³-hybridized carbons (Fsp3) is 0. The van der Waals surface area contributed by atoms with E-state index >= 15 is 0 Å². The first kappa shape index (κ1) is 16.1. The van der Waals surface area contributed by atoms with Crippen molar-refractivity contribution in [1.29, 1.82) is 0 Å². The van der Waals surface area contributed by atoms with E-state index in [1.807, 2.05) is 6.07 Å². The summed E-state index contributed by atoms with van der Waals surface area (Å²) in [5, 5.41) is 9.98. The molecule has 0 aliphatic carbocycles. The van der Waals surface area contributed by atoms with Gasteiger partial charge in [0.2, 0.25) is 0 Å². The van der Waals surface area contributed by atoms with Crippen molar-refractivity contribution in [2.24, 2.45) is 0 Å². The molecule has 2 N–H and O–H groups in total. The van der Waals surface area contributed by atoms with Gasteiger partial charge in [0.1, 0.15) is 0 Å². The highest BCUT2D eigenvalue weighted by Gasteiger charge is 2.13. The SMILES string of the molecule is Nc1ccc2c(ccc3ccccc32)c1-c1cccc2c1ccc1ccccc12. The molecule has 0 saturated carbocycles. The number of fused-ring (bicyclic) bond motifs is 6. The summed E-state index contributed by atoms with van der Waals surface area (Å²) in [6.07, 6.45) is 0. The van der Waals surface area contributed by atoms with Gasteiger partial charge in [-0.05, 0) is 54.7 Å². The van der Waals surface area contributed by atoms with Gasteiger partial charge < -0.3 is 5.73 Å². The summed E-state index contributed by atoms with van der Waals surface area (Å²) < 4.78 is 0. The van der Waals surface area contributed by atoms with E-state index < -0.39 is 0 Å². The van der Waals surface area contributed by atoms with Crippen LogP contribution < -0.4 is 5.73 Å². The Morgan fingerprint density at radius 2 is 0.931 bits per heavy atom. The van der Waals surface area contributed by atoms with Gasteiger partial charge in [0.25, 0.3) is 0 Å². The van der Waals surface area contributed by atoms with Crippen LogP contribution in [-0.4, -0.2) is 0 Å². The molecule has 0 amide bonds. The minimum absolute atomic E-state index is 0.813. The minimum Gasteiger partial charge on any atom is -0.398 e. The quantitative estimate of drug-likeness (QED) is 0.235. The average molecular weight is 369 g/mol. The lowest BCUT2D eigenvalue weighted by molar-refractivity contribution is 1.69. The molecule has 29 heavy (non-hydrogen) atoms. The van der Waals surface area contributed by atoms with Crippen LogP contribution in [0.1, 0.15) is 0 Å². The van der Waals surface area contributed by atoms with E-state index in [1.165, 1.54) is 48.7 Å². The number of anilines is 1. The Kier molecular flexibility index (Phi) is 3.39. The molecule has 0 bridgehead atoms. The summed E-state index contributed by atoms with van der Waals surface area (Å²) >= 11 is 0. The molecule has 6 aromatic rings. The molecule has 0 spiro atoms. The zero-order valence-electron chi connectivity index (χ0n) is 15.9. The lowest BCUT2D eigenvalue weighted by atomic mass is 9.89. The summed E-state index contributed by atoms with van der Waals surface area (Å²) in [7, 11) is 0. The molecular formula is C28H19N. The van der Waals surface area contributed by atoms with Crippen LogP contribution in [0.5, 0.6) is 0 Å². The van der Waals surface area contributed by atoms with Crippen molar-refractivity contribution in [2.45, 2.75) is 0 Å². The first-order chi connectivity index (χ1) is 14.3. The summed E-state index contributed by atoms with van der Waals surface area (Å²) in [6.45, 7) is 0. The van der Waals surface area contributed by atoms with E-state index in [4.69, 9.17) is 5.73 Å². The number of nitrogen functional groups attached to an aromatic ring is 1. The molecule has 1 nitrogen and oxygen atoms in total. The Balaban J connectivity index is 1.76. The van der Waals surface area contributed by atoms with Crippen LogP contribution in [0.25, 0.3) is 54.2 Å². The number of benzene rings is 6. The molecule has 0 heterocycles. The van der Waals surface area contributed by atoms with Gasteiger partial charge in [-0.2, -0.15) is 0 Å². The first-order valence-electron chi connectivity index (χ1n) is 9.92. The third kappa shape index (κ3) is 2.34. The van der Waals surface area contributed by atoms with Crippen LogP contribution in [0.15, 0.2) is 103 Å². The maximum Gasteiger partial charge on any atom is 0.0400 e. The molecule has 0 fully saturated rings. The Bertz CT molecular complexity index is 1560. The van der Waals surface area contributed by atoms with Crippen molar-refractivity contribution in [2.75, 3.05) is 5.73 Å². The van der Waals surface area contributed by atoms with Crippen molar-refractivity contribution in [3.63, 3.8) is 0 Å². The average Bonchev–Trinajstić information content (AvgIpc) is 2.78. The van der Waals surface area contributed by atoms with Crippen LogP contribution >= 0.6 is 0 Å². The molecule has 136 valence electrons. The second kappa shape index (κ2) is 6.08. The Morgan fingerprint density at radius 3 is 1.66 bits per heavy atom. The third-order valence-electron chi connectivity index (χ3n) is 6.01. The van der Waals surface area contributed by atoms with Crippen LogP contribution in [-0.2, 0) is 0 Å². The summed E-state index contributed by atoms with van der Waals surface area (Å²) in [4.78, 5) is 0. The Labute approximate surface area is 169 Å². The fourth-order valence-electron chi connectivity index (χ4n) is 4.66. The zero-order chi connectivity index (χ0) is 19.4. The fourth-order valence-corrected chi connectivity index (χ4v) is 4.66. The Morgan fingerprint density at radius 1 is 0.379 bits per heavy atom. The van der Waals surface area contributed by atoms with E-state index in [1.54, 1.807) is 0 Å². The summed E-state index contributed by atoms with van der Waals surface area (Å²) in [5.41, 5.74) is 9.69. The van der Waals surface area contributed by atoms with Crippen molar-refractivity contribution < 1.29 is 0 Å². The molecule has 1 heteroatoms. The highest BCUT2D eigenvalue weighted by Crippen LogP contribution is 2.41. The molecule has 0 saturated heterocycles. The van der Waals surface area contributed by atoms with Crippen molar-refractivity contribution in [3.8, 4) is 11.1 Å². The normalized spacial score (nSPS) is 11.6. The minimum atomic E-state index is 0.813. The van der Waals surface area contributed by atoms with Crippen LogP contribution in [0.2, 0.25) is 0 Å². The third-order valence-corrected chi connectivity index (χ3v) is 6.01. The monoisotopic (exact) mass is 369 g/mol. The second-order valence-corrected chi connectivity index (χ2v) is 7.60. The summed E-state index contributed by atoms with van der Waals surface area (Å²) in [6, 6.07) is 36.7. The first-order valence-corrected chi connectivity index (χ1v) is 9.92. The molecule has 0 atom stereocenters.